The van der Waals surface area contributed by atoms with Crippen molar-refractivity contribution in [1.82, 2.24) is 4.90 Å². The average Bonchev–Trinajstić information content (AvgIpc) is 2.13. The summed E-state index contributed by atoms with van der Waals surface area (Å²) in [6.45, 7) is 9.44. The van der Waals surface area contributed by atoms with Crippen LogP contribution in [-0.2, 0) is 9.59 Å². The predicted octanol–water partition coefficient (Wildman–Crippen LogP) is 2.52. The lowest BCUT2D eigenvalue weighted by atomic mass is 9.79. The Bertz CT molecular complexity index is 322. The van der Waals surface area contributed by atoms with E-state index in [4.69, 9.17) is 0 Å². The number of nitrogens with zero attached hydrogens (tertiary/aromatic N) is 1. The number of carboxylic acids is 1. The Morgan fingerprint density at radius 2 is 1.61 bits per heavy atom. The Morgan fingerprint density at radius 1 is 1.17 bits per heavy atom. The van der Waals surface area contributed by atoms with Crippen LogP contribution in [0.4, 0.5) is 0 Å². The molecule has 1 aliphatic rings. The van der Waals surface area contributed by atoms with Crippen molar-refractivity contribution in [1.29, 1.82) is 0 Å². The van der Waals surface area contributed by atoms with E-state index in [2.05, 4.69) is 0 Å². The minimum absolute atomic E-state index is 0.144. The van der Waals surface area contributed by atoms with Crippen LogP contribution in [0.25, 0.3) is 0 Å². The molecular formula is C14H25NO3. The molecule has 18 heavy (non-hydrogen) atoms. The molecule has 1 N–H and O–H groups in total. The van der Waals surface area contributed by atoms with Crippen LogP contribution in [0.2, 0.25) is 0 Å². The Labute approximate surface area is 109 Å². The molecule has 0 radical (unpaired) electrons. The standard InChI is InChI=1S/C14H25NO3/c1-9-7-6-8-10(2)15(9)12(16)11(13(17)18)14(3,4)5/h9-11H,6-8H2,1-5H3,(H,17,18)/t9-,10+,11?. The molecule has 3 atom stereocenters. The second-order valence-electron chi connectivity index (χ2n) is 6.51. The Balaban J connectivity index is 2.99. The van der Waals surface area contributed by atoms with Crippen LogP contribution in [0.1, 0.15) is 53.9 Å². The van der Waals surface area contributed by atoms with E-state index in [0.29, 0.717) is 0 Å². The van der Waals surface area contributed by atoms with Crippen LogP contribution in [-0.4, -0.2) is 34.0 Å². The monoisotopic (exact) mass is 255 g/mol. The van der Waals surface area contributed by atoms with E-state index < -0.39 is 17.3 Å². The quantitative estimate of drug-likeness (QED) is 0.771. The third-order valence-corrected chi connectivity index (χ3v) is 3.81. The minimum atomic E-state index is -1.02. The highest BCUT2D eigenvalue weighted by Crippen LogP contribution is 2.32. The molecular weight excluding hydrogens is 230 g/mol. The van der Waals surface area contributed by atoms with Gasteiger partial charge in [-0.1, -0.05) is 20.8 Å². The average molecular weight is 255 g/mol. The highest BCUT2D eigenvalue weighted by Gasteiger charge is 2.43. The molecule has 4 heteroatoms. The summed E-state index contributed by atoms with van der Waals surface area (Å²) >= 11 is 0. The van der Waals surface area contributed by atoms with Crippen molar-refractivity contribution in [2.24, 2.45) is 11.3 Å². The maximum absolute atomic E-state index is 12.6. The SMILES string of the molecule is C[C@@H]1CCC[C@H](C)N1C(=O)C(C(=O)O)C(C)(C)C. The molecule has 1 rings (SSSR count). The Morgan fingerprint density at radius 3 is 1.94 bits per heavy atom. The number of carbonyl (C=O) groups is 2. The predicted molar refractivity (Wildman–Crippen MR) is 70.2 cm³/mol. The number of hydrogen-bond acceptors (Lipinski definition) is 2. The summed E-state index contributed by atoms with van der Waals surface area (Å²) < 4.78 is 0. The molecule has 0 saturated carbocycles. The zero-order chi connectivity index (χ0) is 14.1. The van der Waals surface area contributed by atoms with Crippen LogP contribution in [0.3, 0.4) is 0 Å². The van der Waals surface area contributed by atoms with Gasteiger partial charge in [0.25, 0.3) is 0 Å². The molecule has 104 valence electrons. The normalized spacial score (nSPS) is 26.8. The molecule has 0 spiro atoms. The van der Waals surface area contributed by atoms with E-state index in [1.807, 2.05) is 34.6 Å². The van der Waals surface area contributed by atoms with Crippen molar-refractivity contribution in [2.45, 2.75) is 66.0 Å². The molecule has 0 aliphatic carbocycles. The summed E-state index contributed by atoms with van der Waals surface area (Å²) in [5, 5.41) is 9.33. The van der Waals surface area contributed by atoms with E-state index in [1.165, 1.54) is 0 Å². The molecule has 1 fully saturated rings. The van der Waals surface area contributed by atoms with E-state index >= 15 is 0 Å². The van der Waals surface area contributed by atoms with Crippen LogP contribution in [0.5, 0.6) is 0 Å². The summed E-state index contributed by atoms with van der Waals surface area (Å²) in [6, 6.07) is 0.288. The number of carboxylic acid groups (broad SMARTS) is 1. The fourth-order valence-electron chi connectivity index (χ4n) is 2.85. The molecule has 1 unspecified atom stereocenters. The van der Waals surface area contributed by atoms with Crippen molar-refractivity contribution in [2.75, 3.05) is 0 Å². The number of hydrogen-bond donors (Lipinski definition) is 1. The van der Waals surface area contributed by atoms with Crippen molar-refractivity contribution < 1.29 is 14.7 Å². The molecule has 1 aliphatic heterocycles. The number of carbonyl (C=O) groups excluding carboxylic acids is 1. The van der Waals surface area contributed by atoms with Crippen molar-refractivity contribution in [3.05, 3.63) is 0 Å². The van der Waals surface area contributed by atoms with E-state index in [9.17, 15) is 14.7 Å². The number of piperidine rings is 1. The number of aliphatic carboxylic acids is 1. The van der Waals surface area contributed by atoms with Crippen LogP contribution in [0.15, 0.2) is 0 Å². The van der Waals surface area contributed by atoms with Gasteiger partial charge in [0.2, 0.25) is 5.91 Å². The van der Waals surface area contributed by atoms with Gasteiger partial charge < -0.3 is 10.0 Å². The van der Waals surface area contributed by atoms with Gasteiger partial charge in [0.1, 0.15) is 5.92 Å². The number of likely N-dealkylation sites (tertiary alicyclic amines) is 1. The van der Waals surface area contributed by atoms with Gasteiger partial charge in [-0.15, -0.1) is 0 Å². The number of amides is 1. The van der Waals surface area contributed by atoms with Crippen molar-refractivity contribution >= 4 is 11.9 Å². The second-order valence-corrected chi connectivity index (χ2v) is 6.51. The molecule has 0 bridgehead atoms. The van der Waals surface area contributed by atoms with Gasteiger partial charge in [-0.3, -0.25) is 9.59 Å². The highest BCUT2D eigenvalue weighted by molar-refractivity contribution is 5.98. The minimum Gasteiger partial charge on any atom is -0.481 e. The molecule has 1 amide bonds. The van der Waals surface area contributed by atoms with Gasteiger partial charge >= 0.3 is 5.97 Å². The molecule has 1 heterocycles. The smallest absolute Gasteiger partial charge is 0.316 e. The van der Waals surface area contributed by atoms with Gasteiger partial charge in [-0.2, -0.15) is 0 Å². The van der Waals surface area contributed by atoms with Gasteiger partial charge in [0.15, 0.2) is 0 Å². The summed E-state index contributed by atoms with van der Waals surface area (Å²) in [5.74, 6) is -2.20. The van der Waals surface area contributed by atoms with Gasteiger partial charge in [0.05, 0.1) is 0 Å². The Hall–Kier alpha value is -1.06. The van der Waals surface area contributed by atoms with Crippen LogP contribution in [0, 0.1) is 11.3 Å². The molecule has 0 aromatic carbocycles. The fraction of sp³-hybridized carbons (Fsp3) is 0.857. The first kappa shape index (κ1) is 15.0. The molecule has 0 aromatic heterocycles. The largest absolute Gasteiger partial charge is 0.481 e. The van der Waals surface area contributed by atoms with Crippen molar-refractivity contribution in [3.63, 3.8) is 0 Å². The summed E-state index contributed by atoms with van der Waals surface area (Å²) in [7, 11) is 0. The van der Waals surface area contributed by atoms with Gasteiger partial charge in [-0.05, 0) is 38.5 Å². The van der Waals surface area contributed by atoms with Crippen LogP contribution < -0.4 is 0 Å². The van der Waals surface area contributed by atoms with E-state index in [0.717, 1.165) is 19.3 Å². The number of rotatable bonds is 2. The third kappa shape index (κ3) is 3.03. The third-order valence-electron chi connectivity index (χ3n) is 3.81. The topological polar surface area (TPSA) is 57.6 Å². The molecule has 1 saturated heterocycles. The zero-order valence-corrected chi connectivity index (χ0v) is 12.1. The first-order valence-corrected chi connectivity index (χ1v) is 6.71. The summed E-state index contributed by atoms with van der Waals surface area (Å²) in [5.41, 5.74) is -0.556. The lowest BCUT2D eigenvalue weighted by molar-refractivity contribution is -0.159. The van der Waals surface area contributed by atoms with E-state index in [1.54, 1.807) is 4.90 Å². The Kier molecular flexibility index (Phi) is 4.41. The van der Waals surface area contributed by atoms with Crippen molar-refractivity contribution in [3.8, 4) is 0 Å². The first-order valence-electron chi connectivity index (χ1n) is 6.71. The molecule has 0 aromatic rings. The zero-order valence-electron chi connectivity index (χ0n) is 12.1. The summed E-state index contributed by atoms with van der Waals surface area (Å²) in [4.78, 5) is 25.7. The van der Waals surface area contributed by atoms with E-state index in [-0.39, 0.29) is 18.0 Å². The second kappa shape index (κ2) is 5.29. The molecule has 4 nitrogen and oxygen atoms in total. The first-order chi connectivity index (χ1) is 8.16. The van der Waals surface area contributed by atoms with Crippen LogP contribution >= 0.6 is 0 Å². The lowest BCUT2D eigenvalue weighted by Gasteiger charge is -2.42. The summed E-state index contributed by atoms with van der Waals surface area (Å²) in [6.07, 6.45) is 3.04. The highest BCUT2D eigenvalue weighted by atomic mass is 16.4. The van der Waals surface area contributed by atoms with Gasteiger partial charge in [0, 0.05) is 12.1 Å². The lowest BCUT2D eigenvalue weighted by Crippen LogP contribution is -2.53. The fourth-order valence-corrected chi connectivity index (χ4v) is 2.85. The van der Waals surface area contributed by atoms with Gasteiger partial charge in [-0.25, -0.2) is 0 Å². The maximum Gasteiger partial charge on any atom is 0.316 e. The maximum atomic E-state index is 12.6.